The van der Waals surface area contributed by atoms with Gasteiger partial charge in [0, 0.05) is 18.7 Å². The molecule has 0 atom stereocenters. The number of aryl methyl sites for hydroxylation is 1. The van der Waals surface area contributed by atoms with E-state index in [0.717, 1.165) is 19.1 Å². The summed E-state index contributed by atoms with van der Waals surface area (Å²) < 4.78 is 57.2. The highest BCUT2D eigenvalue weighted by molar-refractivity contribution is 7.92. The molecule has 174 valence electrons. The molecule has 1 heterocycles. The highest BCUT2D eigenvalue weighted by Crippen LogP contribution is 2.23. The summed E-state index contributed by atoms with van der Waals surface area (Å²) in [6.07, 6.45) is 2.83. The first kappa shape index (κ1) is 24.0. The van der Waals surface area contributed by atoms with Crippen molar-refractivity contribution in [2.24, 2.45) is 0 Å². The predicted octanol–water partition coefficient (Wildman–Crippen LogP) is 1.96. The number of hydrogen-bond acceptors (Lipinski definition) is 6. The van der Waals surface area contributed by atoms with Crippen molar-refractivity contribution in [2.75, 3.05) is 37.2 Å². The second kappa shape index (κ2) is 9.88. The first-order valence-corrected chi connectivity index (χ1v) is 13.5. The Kier molecular flexibility index (Phi) is 7.42. The van der Waals surface area contributed by atoms with Crippen molar-refractivity contribution in [1.29, 1.82) is 0 Å². The Hall–Kier alpha value is -2.63. The molecule has 0 radical (unpaired) electrons. The van der Waals surface area contributed by atoms with Crippen molar-refractivity contribution >= 4 is 31.6 Å². The van der Waals surface area contributed by atoms with E-state index >= 15 is 0 Å². The number of amides is 1. The number of nitrogens with one attached hydrogen (secondary N) is 2. The normalized spacial score (nSPS) is 14.8. The van der Waals surface area contributed by atoms with E-state index in [2.05, 4.69) is 10.0 Å². The fraction of sp³-hybridized carbons (Fsp3) is 0.381. The van der Waals surface area contributed by atoms with Crippen LogP contribution in [0.15, 0.2) is 47.4 Å². The van der Waals surface area contributed by atoms with Crippen LogP contribution in [0.25, 0.3) is 0 Å². The van der Waals surface area contributed by atoms with E-state index in [9.17, 15) is 21.6 Å². The molecule has 0 unspecified atom stereocenters. The van der Waals surface area contributed by atoms with Crippen LogP contribution in [0.2, 0.25) is 0 Å². The lowest BCUT2D eigenvalue weighted by Gasteiger charge is -2.15. The molecule has 1 amide bonds. The zero-order chi connectivity index (χ0) is 23.4. The van der Waals surface area contributed by atoms with E-state index < -0.39 is 20.0 Å². The van der Waals surface area contributed by atoms with Crippen molar-refractivity contribution in [3.63, 3.8) is 0 Å². The van der Waals surface area contributed by atoms with Crippen LogP contribution in [-0.2, 0) is 20.0 Å². The van der Waals surface area contributed by atoms with Crippen LogP contribution in [0.4, 0.5) is 5.69 Å². The van der Waals surface area contributed by atoms with Crippen molar-refractivity contribution in [3.05, 3.63) is 53.6 Å². The number of benzene rings is 2. The van der Waals surface area contributed by atoms with Gasteiger partial charge in [0.25, 0.3) is 5.91 Å². The van der Waals surface area contributed by atoms with Crippen LogP contribution >= 0.6 is 0 Å². The summed E-state index contributed by atoms with van der Waals surface area (Å²) in [5.74, 6) is 0.196. The molecular formula is C21H27N3O6S2. The molecule has 2 aromatic rings. The molecule has 11 heteroatoms. The Morgan fingerprint density at radius 2 is 1.69 bits per heavy atom. The molecule has 1 saturated heterocycles. The maximum atomic E-state index is 12.5. The smallest absolute Gasteiger partial charge is 0.251 e. The molecule has 0 spiro atoms. The van der Waals surface area contributed by atoms with E-state index in [1.54, 1.807) is 31.2 Å². The predicted molar refractivity (Wildman–Crippen MR) is 122 cm³/mol. The number of ether oxygens (including phenoxy) is 1. The molecule has 0 aromatic heterocycles. The minimum absolute atomic E-state index is 0.205. The van der Waals surface area contributed by atoms with Gasteiger partial charge in [0.1, 0.15) is 12.4 Å². The van der Waals surface area contributed by atoms with Crippen LogP contribution in [0, 0.1) is 6.92 Å². The van der Waals surface area contributed by atoms with Crippen LogP contribution in [0.1, 0.15) is 28.8 Å². The van der Waals surface area contributed by atoms with E-state index in [0.29, 0.717) is 35.7 Å². The highest BCUT2D eigenvalue weighted by Gasteiger charge is 2.26. The van der Waals surface area contributed by atoms with Crippen molar-refractivity contribution in [1.82, 2.24) is 9.62 Å². The average molecular weight is 482 g/mol. The quantitative estimate of drug-likeness (QED) is 0.528. The standard InChI is InChI=1S/C21H27N3O6S2/c1-16-15-17(5-10-20(16)23-31(2,26)27)21(25)22-11-14-30-18-6-8-19(9-7-18)32(28,29)24-12-3-4-13-24/h5-10,15,23H,3-4,11-14H2,1-2H3,(H,22,25). The molecule has 2 N–H and O–H groups in total. The lowest BCUT2D eigenvalue weighted by atomic mass is 10.1. The van der Waals surface area contributed by atoms with Crippen LogP contribution in [0.5, 0.6) is 5.75 Å². The van der Waals surface area contributed by atoms with E-state index in [1.165, 1.54) is 22.5 Å². The van der Waals surface area contributed by atoms with Gasteiger partial charge in [0.05, 0.1) is 23.4 Å². The van der Waals surface area contributed by atoms with Gasteiger partial charge in [-0.2, -0.15) is 4.31 Å². The number of rotatable bonds is 9. The molecular weight excluding hydrogens is 454 g/mol. The molecule has 3 rings (SSSR count). The second-order valence-corrected chi connectivity index (χ2v) is 11.3. The number of sulfonamides is 2. The zero-order valence-corrected chi connectivity index (χ0v) is 19.6. The molecule has 1 fully saturated rings. The summed E-state index contributed by atoms with van der Waals surface area (Å²) in [6, 6.07) is 10.9. The van der Waals surface area contributed by atoms with E-state index in [-0.39, 0.29) is 24.0 Å². The molecule has 1 aliphatic heterocycles. The largest absolute Gasteiger partial charge is 0.492 e. The molecule has 0 saturated carbocycles. The molecule has 0 bridgehead atoms. The Morgan fingerprint density at radius 3 is 2.28 bits per heavy atom. The fourth-order valence-corrected chi connectivity index (χ4v) is 5.49. The maximum absolute atomic E-state index is 12.5. The second-order valence-electron chi connectivity index (χ2n) is 7.59. The Bertz CT molecular complexity index is 1170. The lowest BCUT2D eigenvalue weighted by Crippen LogP contribution is -2.28. The molecule has 1 aliphatic rings. The number of carbonyl (C=O) groups is 1. The van der Waals surface area contributed by atoms with Crippen LogP contribution in [-0.4, -0.2) is 59.5 Å². The third-order valence-electron chi connectivity index (χ3n) is 4.97. The number of carbonyl (C=O) groups excluding carboxylic acids is 1. The van der Waals surface area contributed by atoms with Crippen LogP contribution in [0.3, 0.4) is 0 Å². The van der Waals surface area contributed by atoms with Gasteiger partial charge in [0.15, 0.2) is 0 Å². The van der Waals surface area contributed by atoms with Crippen LogP contribution < -0.4 is 14.8 Å². The number of nitrogens with zero attached hydrogens (tertiary/aromatic N) is 1. The van der Waals surface area contributed by atoms with Gasteiger partial charge in [-0.15, -0.1) is 0 Å². The Balaban J connectivity index is 1.49. The average Bonchev–Trinajstić information content (AvgIpc) is 3.28. The van der Waals surface area contributed by atoms with Gasteiger partial charge in [-0.3, -0.25) is 9.52 Å². The number of anilines is 1. The molecule has 0 aliphatic carbocycles. The summed E-state index contributed by atoms with van der Waals surface area (Å²) in [7, 11) is -6.85. The minimum atomic E-state index is -3.46. The van der Waals surface area contributed by atoms with Gasteiger partial charge < -0.3 is 10.1 Å². The Morgan fingerprint density at radius 1 is 1.03 bits per heavy atom. The summed E-state index contributed by atoms with van der Waals surface area (Å²) in [5.41, 5.74) is 1.45. The third kappa shape index (κ3) is 6.21. The maximum Gasteiger partial charge on any atom is 0.251 e. The minimum Gasteiger partial charge on any atom is -0.492 e. The summed E-state index contributed by atoms with van der Waals surface area (Å²) in [4.78, 5) is 12.5. The van der Waals surface area contributed by atoms with Crippen molar-refractivity contribution in [2.45, 2.75) is 24.7 Å². The summed E-state index contributed by atoms with van der Waals surface area (Å²) >= 11 is 0. The molecule has 2 aromatic carbocycles. The lowest BCUT2D eigenvalue weighted by molar-refractivity contribution is 0.0947. The molecule has 32 heavy (non-hydrogen) atoms. The topological polar surface area (TPSA) is 122 Å². The summed E-state index contributed by atoms with van der Waals surface area (Å²) in [6.45, 7) is 3.26. The first-order chi connectivity index (χ1) is 15.1. The third-order valence-corrected chi connectivity index (χ3v) is 7.47. The van der Waals surface area contributed by atoms with Gasteiger partial charge in [-0.25, -0.2) is 16.8 Å². The van der Waals surface area contributed by atoms with Gasteiger partial charge in [-0.05, 0) is 67.8 Å². The fourth-order valence-electron chi connectivity index (χ4n) is 3.34. The van der Waals surface area contributed by atoms with Gasteiger partial charge in [-0.1, -0.05) is 0 Å². The Labute approximate surface area is 188 Å². The number of hydrogen-bond donors (Lipinski definition) is 2. The zero-order valence-electron chi connectivity index (χ0n) is 18.0. The SMILES string of the molecule is Cc1cc(C(=O)NCCOc2ccc(S(=O)(=O)N3CCCC3)cc2)ccc1NS(C)(=O)=O. The van der Waals surface area contributed by atoms with Crippen molar-refractivity contribution in [3.8, 4) is 5.75 Å². The van der Waals surface area contributed by atoms with Gasteiger partial charge >= 0.3 is 0 Å². The van der Waals surface area contributed by atoms with Gasteiger partial charge in [0.2, 0.25) is 20.0 Å². The van der Waals surface area contributed by atoms with E-state index in [4.69, 9.17) is 4.74 Å². The molecule has 9 nitrogen and oxygen atoms in total. The first-order valence-electron chi connectivity index (χ1n) is 10.2. The monoisotopic (exact) mass is 481 g/mol. The summed E-state index contributed by atoms with van der Waals surface area (Å²) in [5, 5.41) is 2.73. The van der Waals surface area contributed by atoms with E-state index in [1.807, 2.05) is 0 Å². The van der Waals surface area contributed by atoms with Crippen molar-refractivity contribution < 1.29 is 26.4 Å². The highest BCUT2D eigenvalue weighted by atomic mass is 32.2.